The van der Waals surface area contributed by atoms with Crippen molar-refractivity contribution in [3.63, 3.8) is 0 Å². The second-order valence-corrected chi connectivity index (χ2v) is 7.90. The average Bonchev–Trinajstić information content (AvgIpc) is 3.38. The molecule has 5 rings (SSSR count). The van der Waals surface area contributed by atoms with E-state index in [4.69, 9.17) is 4.74 Å². The van der Waals surface area contributed by atoms with Crippen LogP contribution in [0.2, 0.25) is 0 Å². The van der Waals surface area contributed by atoms with E-state index in [2.05, 4.69) is 10.2 Å². The number of methoxy groups -OCH3 is 1. The molecule has 1 atom stereocenters. The molecular formula is C26H22FN3O3. The first-order chi connectivity index (χ1) is 16.1. The van der Waals surface area contributed by atoms with Crippen LogP contribution in [0.15, 0.2) is 72.8 Å². The van der Waals surface area contributed by atoms with Gasteiger partial charge in [0.05, 0.1) is 13.2 Å². The largest absolute Gasteiger partial charge is 0.507 e. The molecule has 0 spiro atoms. The summed E-state index contributed by atoms with van der Waals surface area (Å²) in [6, 6.07) is 20.2. The molecule has 0 saturated heterocycles. The van der Waals surface area contributed by atoms with E-state index in [1.165, 1.54) is 6.07 Å². The van der Waals surface area contributed by atoms with E-state index >= 15 is 0 Å². The summed E-state index contributed by atoms with van der Waals surface area (Å²) >= 11 is 0. The highest BCUT2D eigenvalue weighted by Gasteiger charge is 2.43. The lowest BCUT2D eigenvalue weighted by molar-refractivity contribution is 0.0744. The number of nitrogens with zero attached hydrogens (tertiary/aromatic N) is 2. The fourth-order valence-corrected chi connectivity index (χ4v) is 4.37. The van der Waals surface area contributed by atoms with Crippen LogP contribution in [0.3, 0.4) is 0 Å². The molecule has 1 unspecified atom stereocenters. The van der Waals surface area contributed by atoms with Gasteiger partial charge < -0.3 is 14.7 Å². The fraction of sp³-hybridized carbons (Fsp3) is 0.154. The highest BCUT2D eigenvalue weighted by molar-refractivity contribution is 6.00. The summed E-state index contributed by atoms with van der Waals surface area (Å²) in [6.45, 7) is 0.382. The molecular weight excluding hydrogens is 421 g/mol. The van der Waals surface area contributed by atoms with Gasteiger partial charge in [-0.05, 0) is 42.3 Å². The Balaban J connectivity index is 1.56. The van der Waals surface area contributed by atoms with Crippen molar-refractivity contribution in [3.8, 4) is 22.8 Å². The van der Waals surface area contributed by atoms with E-state index in [1.807, 2.05) is 24.3 Å². The Hall–Kier alpha value is -4.13. The highest BCUT2D eigenvalue weighted by Crippen LogP contribution is 2.44. The molecule has 6 nitrogen and oxygen atoms in total. The normalized spacial score (nSPS) is 15.0. The Morgan fingerprint density at radius 3 is 2.52 bits per heavy atom. The number of H-pyrrole nitrogens is 1. The minimum Gasteiger partial charge on any atom is -0.507 e. The molecule has 0 aliphatic carbocycles. The number of aromatic nitrogens is 2. The number of halogens is 1. The maximum absolute atomic E-state index is 15.0. The smallest absolute Gasteiger partial charge is 0.273 e. The Morgan fingerprint density at radius 2 is 1.79 bits per heavy atom. The number of aromatic amines is 1. The van der Waals surface area contributed by atoms with Crippen LogP contribution in [0.4, 0.5) is 4.39 Å². The number of amides is 1. The van der Waals surface area contributed by atoms with Gasteiger partial charge in [-0.2, -0.15) is 5.10 Å². The second-order valence-electron chi connectivity index (χ2n) is 7.90. The second kappa shape index (κ2) is 8.43. The number of ether oxygens (including phenoxy) is 1. The molecule has 0 radical (unpaired) electrons. The van der Waals surface area contributed by atoms with E-state index in [9.17, 15) is 14.3 Å². The maximum atomic E-state index is 15.0. The fourth-order valence-electron chi connectivity index (χ4n) is 4.37. The lowest BCUT2D eigenvalue weighted by atomic mass is 9.95. The standard InChI is InChI=1S/C26H22FN3O3/c1-33-17-12-10-16(11-13-17)14-15-30-25(18-6-2-4-8-20(18)27)22-23(28-29-24(22)26(30)32)19-7-3-5-9-21(19)31/h2-13,25,31H,14-15H2,1H3,(H,28,29). The SMILES string of the molecule is COc1ccc(CCN2C(=O)c3[nH]nc(-c4ccccc4O)c3C2c2ccccc2F)cc1. The zero-order chi connectivity index (χ0) is 22.9. The van der Waals surface area contributed by atoms with Crippen LogP contribution in [0.25, 0.3) is 11.3 Å². The summed E-state index contributed by atoms with van der Waals surface area (Å²) < 4.78 is 20.2. The van der Waals surface area contributed by atoms with Gasteiger partial charge in [0.15, 0.2) is 0 Å². The van der Waals surface area contributed by atoms with Crippen LogP contribution >= 0.6 is 0 Å². The molecule has 1 aliphatic heterocycles. The van der Waals surface area contributed by atoms with Gasteiger partial charge in [0.2, 0.25) is 0 Å². The van der Waals surface area contributed by atoms with Gasteiger partial charge in [0.25, 0.3) is 5.91 Å². The molecule has 1 aromatic heterocycles. The van der Waals surface area contributed by atoms with Crippen molar-refractivity contribution in [2.75, 3.05) is 13.7 Å². The number of rotatable bonds is 6. The van der Waals surface area contributed by atoms with Crippen LogP contribution in [0.5, 0.6) is 11.5 Å². The van der Waals surface area contributed by atoms with Crippen LogP contribution in [0.1, 0.15) is 33.2 Å². The number of nitrogens with one attached hydrogen (secondary N) is 1. The number of para-hydroxylation sites is 1. The molecule has 166 valence electrons. The first kappa shape index (κ1) is 20.8. The number of carbonyl (C=O) groups is 1. The number of phenols is 1. The van der Waals surface area contributed by atoms with E-state index in [-0.39, 0.29) is 11.7 Å². The Bertz CT molecular complexity index is 1320. The first-order valence-corrected chi connectivity index (χ1v) is 10.6. The van der Waals surface area contributed by atoms with Crippen molar-refractivity contribution in [1.82, 2.24) is 15.1 Å². The molecule has 33 heavy (non-hydrogen) atoms. The first-order valence-electron chi connectivity index (χ1n) is 10.6. The van der Waals surface area contributed by atoms with E-state index in [0.717, 1.165) is 11.3 Å². The Labute approximate surface area is 190 Å². The van der Waals surface area contributed by atoms with Crippen molar-refractivity contribution in [1.29, 1.82) is 0 Å². The van der Waals surface area contributed by atoms with Gasteiger partial charge in [-0.3, -0.25) is 9.89 Å². The monoisotopic (exact) mass is 443 g/mol. The third-order valence-corrected chi connectivity index (χ3v) is 6.02. The number of aromatic hydroxyl groups is 1. The Morgan fingerprint density at radius 1 is 1.06 bits per heavy atom. The van der Waals surface area contributed by atoms with Crippen LogP contribution in [0, 0.1) is 5.82 Å². The zero-order valence-corrected chi connectivity index (χ0v) is 18.0. The van der Waals surface area contributed by atoms with Crippen molar-refractivity contribution in [3.05, 3.63) is 101 Å². The molecule has 1 aliphatic rings. The topological polar surface area (TPSA) is 78.5 Å². The van der Waals surface area contributed by atoms with Crippen molar-refractivity contribution >= 4 is 5.91 Å². The molecule has 0 fully saturated rings. The number of benzene rings is 3. The maximum Gasteiger partial charge on any atom is 0.273 e. The van der Waals surface area contributed by atoms with Gasteiger partial charge in [0.1, 0.15) is 28.7 Å². The van der Waals surface area contributed by atoms with Crippen LogP contribution in [-0.4, -0.2) is 39.8 Å². The number of fused-ring (bicyclic) bond motifs is 1. The Kier molecular flexibility index (Phi) is 5.30. The molecule has 7 heteroatoms. The van der Waals surface area contributed by atoms with Gasteiger partial charge in [-0.1, -0.05) is 42.5 Å². The number of phenolic OH excluding ortho intramolecular Hbond substituents is 1. The molecule has 0 bridgehead atoms. The lowest BCUT2D eigenvalue weighted by Gasteiger charge is -2.27. The highest BCUT2D eigenvalue weighted by atomic mass is 19.1. The summed E-state index contributed by atoms with van der Waals surface area (Å²) in [6.07, 6.45) is 0.588. The predicted octanol–water partition coefficient (Wildman–Crippen LogP) is 4.72. The summed E-state index contributed by atoms with van der Waals surface area (Å²) in [5, 5.41) is 17.6. The minimum absolute atomic E-state index is 0.0446. The van der Waals surface area contributed by atoms with Crippen LogP contribution in [-0.2, 0) is 6.42 Å². The van der Waals surface area contributed by atoms with E-state index in [1.54, 1.807) is 54.5 Å². The molecule has 4 aromatic rings. The van der Waals surface area contributed by atoms with Crippen LogP contribution < -0.4 is 4.74 Å². The number of hydrogen-bond donors (Lipinski definition) is 2. The summed E-state index contributed by atoms with van der Waals surface area (Å²) in [7, 11) is 1.61. The number of carbonyl (C=O) groups excluding carboxylic acids is 1. The third kappa shape index (κ3) is 3.61. The van der Waals surface area contributed by atoms with Crippen molar-refractivity contribution in [2.24, 2.45) is 0 Å². The zero-order valence-electron chi connectivity index (χ0n) is 18.0. The molecule has 3 aromatic carbocycles. The predicted molar refractivity (Wildman–Crippen MR) is 122 cm³/mol. The quantitative estimate of drug-likeness (QED) is 0.452. The summed E-state index contributed by atoms with van der Waals surface area (Å²) in [4.78, 5) is 15.1. The van der Waals surface area contributed by atoms with Gasteiger partial charge in [-0.25, -0.2) is 4.39 Å². The van der Waals surface area contributed by atoms with Gasteiger partial charge >= 0.3 is 0 Å². The molecule has 2 heterocycles. The van der Waals surface area contributed by atoms with Gasteiger partial charge in [0, 0.05) is 23.2 Å². The van der Waals surface area contributed by atoms with E-state index in [0.29, 0.717) is 41.0 Å². The van der Waals surface area contributed by atoms with Gasteiger partial charge in [-0.15, -0.1) is 0 Å². The molecule has 1 amide bonds. The van der Waals surface area contributed by atoms with Crippen molar-refractivity contribution < 1.29 is 19.0 Å². The number of hydrogen-bond acceptors (Lipinski definition) is 4. The average molecular weight is 443 g/mol. The molecule has 2 N–H and O–H groups in total. The third-order valence-electron chi connectivity index (χ3n) is 6.02. The minimum atomic E-state index is -0.666. The summed E-state index contributed by atoms with van der Waals surface area (Å²) in [5.41, 5.74) is 3.23. The van der Waals surface area contributed by atoms with Crippen molar-refractivity contribution in [2.45, 2.75) is 12.5 Å². The molecule has 0 saturated carbocycles. The van der Waals surface area contributed by atoms with E-state index < -0.39 is 11.9 Å². The summed E-state index contributed by atoms with van der Waals surface area (Å²) in [5.74, 6) is 0.153. The lowest BCUT2D eigenvalue weighted by Crippen LogP contribution is -2.32.